The molecule has 37 heavy (non-hydrogen) atoms. The van der Waals surface area contributed by atoms with E-state index in [9.17, 15) is 11.0 Å². The molecule has 0 spiro atoms. The fourth-order valence-corrected chi connectivity index (χ4v) is 4.33. The normalized spacial score (nSPS) is 18.4. The zero-order valence-electron chi connectivity index (χ0n) is 22.3. The Hall–Kier alpha value is -3.54. The Labute approximate surface area is 223 Å². The van der Waals surface area contributed by atoms with Crippen LogP contribution in [0.5, 0.6) is 0 Å². The van der Waals surface area contributed by atoms with Crippen LogP contribution in [0.1, 0.15) is 59.1 Å². The molecule has 9 heteroatoms. The number of hydrazine groups is 2. The maximum Gasteiger partial charge on any atom is 0.123 e. The lowest BCUT2D eigenvalue weighted by Crippen LogP contribution is -2.38. The number of nitrogens with one attached hydrogen (secondary N) is 4. The quantitative estimate of drug-likeness (QED) is 0.294. The summed E-state index contributed by atoms with van der Waals surface area (Å²) in [5.41, 5.74) is 9.41. The molecule has 0 bridgehead atoms. The Balaban J connectivity index is 1.61. The molecule has 0 saturated heterocycles. The molecule has 1 saturated carbocycles. The van der Waals surface area contributed by atoms with Gasteiger partial charge < -0.3 is 16.1 Å². The number of hydrogen-bond donors (Lipinski definition) is 4. The number of rotatable bonds is 7. The number of pyridine rings is 1. The minimum atomic E-state index is -1.51. The predicted molar refractivity (Wildman–Crippen MR) is 146 cm³/mol. The molecule has 1 aromatic heterocycles. The lowest BCUT2D eigenvalue weighted by atomic mass is 9.87. The van der Waals surface area contributed by atoms with Gasteiger partial charge in [-0.25, -0.2) is 4.39 Å². The third-order valence-electron chi connectivity index (χ3n) is 6.90. The first-order valence-corrected chi connectivity index (χ1v) is 12.7. The van der Waals surface area contributed by atoms with Crippen molar-refractivity contribution in [2.75, 3.05) is 10.6 Å². The minimum Gasteiger partial charge on any atom is -0.380 e. The van der Waals surface area contributed by atoms with E-state index < -0.39 is 6.02 Å². The smallest absolute Gasteiger partial charge is 0.123 e. The standard InChI is InChI=1S/C28H31ClFN7/c1-16(28(2,3)4)33-25-18(13-31)14-32-27-22(25)11-20(12-23(27)29)34-26(17-5-7-19(30)8-6-17)24-15-37(36-35-24)21-9-10-21/h5-8,11-12,14-16,21,26,34-36H,9-10H2,1-4H3,(H,32,33)/t16-,26+/m0/s1/i26D. The number of anilines is 2. The summed E-state index contributed by atoms with van der Waals surface area (Å²) in [5, 5.41) is 19.7. The van der Waals surface area contributed by atoms with Crippen LogP contribution in [0.25, 0.3) is 10.9 Å². The monoisotopic (exact) mass is 520 g/mol. The van der Waals surface area contributed by atoms with E-state index in [0.717, 1.165) is 12.8 Å². The fourth-order valence-electron chi connectivity index (χ4n) is 4.07. The van der Waals surface area contributed by atoms with Crippen LogP contribution in [0.3, 0.4) is 0 Å². The van der Waals surface area contributed by atoms with E-state index in [1.54, 1.807) is 18.2 Å². The fraction of sp³-hybridized carbons (Fsp3) is 0.357. The number of aromatic nitrogens is 1. The molecule has 5 rings (SSSR count). The van der Waals surface area contributed by atoms with Crippen molar-refractivity contribution >= 4 is 33.9 Å². The van der Waals surface area contributed by atoms with Gasteiger partial charge in [0.1, 0.15) is 11.9 Å². The van der Waals surface area contributed by atoms with Gasteiger partial charge in [0.05, 0.1) is 34.9 Å². The number of nitrogens with zero attached hydrogens (tertiary/aromatic N) is 3. The summed E-state index contributed by atoms with van der Waals surface area (Å²) in [6, 6.07) is 10.6. The van der Waals surface area contributed by atoms with E-state index in [0.29, 0.717) is 50.2 Å². The van der Waals surface area contributed by atoms with Gasteiger partial charge in [-0.05, 0) is 55.0 Å². The maximum atomic E-state index is 13.8. The van der Waals surface area contributed by atoms with Crippen molar-refractivity contribution in [1.82, 2.24) is 21.0 Å². The molecule has 1 fully saturated rings. The predicted octanol–water partition coefficient (Wildman–Crippen LogP) is 6.23. The first-order valence-electron chi connectivity index (χ1n) is 12.8. The van der Waals surface area contributed by atoms with Gasteiger partial charge in [0, 0.05) is 35.6 Å². The van der Waals surface area contributed by atoms with Crippen molar-refractivity contribution in [3.05, 3.63) is 76.5 Å². The Bertz CT molecular complexity index is 1440. The molecule has 1 aliphatic carbocycles. The molecule has 7 nitrogen and oxygen atoms in total. The molecule has 3 aromatic rings. The van der Waals surface area contributed by atoms with Crippen LogP contribution in [0.2, 0.25) is 5.02 Å². The van der Waals surface area contributed by atoms with Crippen molar-refractivity contribution in [2.45, 2.75) is 58.6 Å². The number of nitriles is 1. The molecule has 0 unspecified atom stereocenters. The second-order valence-electron chi connectivity index (χ2n) is 10.7. The van der Waals surface area contributed by atoms with Gasteiger partial charge in [0.25, 0.3) is 0 Å². The zero-order valence-corrected chi connectivity index (χ0v) is 22.0. The number of fused-ring (bicyclic) bond motifs is 1. The van der Waals surface area contributed by atoms with Crippen molar-refractivity contribution in [2.24, 2.45) is 5.41 Å². The summed E-state index contributed by atoms with van der Waals surface area (Å²) in [6.45, 7) is 8.44. The summed E-state index contributed by atoms with van der Waals surface area (Å²) in [6.07, 6.45) is 5.55. The van der Waals surface area contributed by atoms with Gasteiger partial charge in [-0.1, -0.05) is 44.5 Å². The Morgan fingerprint density at radius 3 is 2.62 bits per heavy atom. The Kier molecular flexibility index (Phi) is 6.27. The molecule has 2 heterocycles. The van der Waals surface area contributed by atoms with E-state index >= 15 is 0 Å². The third-order valence-corrected chi connectivity index (χ3v) is 7.19. The average Bonchev–Trinajstić information content (AvgIpc) is 3.59. The van der Waals surface area contributed by atoms with Gasteiger partial charge in [-0.3, -0.25) is 9.99 Å². The third kappa shape index (κ3) is 5.29. The van der Waals surface area contributed by atoms with Crippen LogP contribution < -0.4 is 21.6 Å². The lowest BCUT2D eigenvalue weighted by molar-refractivity contribution is 0.260. The molecular formula is C28H31ClFN7. The first kappa shape index (κ1) is 23.8. The number of hydrogen-bond acceptors (Lipinski definition) is 7. The Morgan fingerprint density at radius 2 is 1.97 bits per heavy atom. The van der Waals surface area contributed by atoms with E-state index in [-0.39, 0.29) is 17.3 Å². The van der Waals surface area contributed by atoms with Crippen LogP contribution in [0.4, 0.5) is 15.8 Å². The van der Waals surface area contributed by atoms with Crippen LogP contribution in [0.15, 0.2) is 54.5 Å². The molecule has 0 amide bonds. The van der Waals surface area contributed by atoms with Gasteiger partial charge in [0.15, 0.2) is 0 Å². The number of halogens is 2. The molecule has 2 aromatic carbocycles. The summed E-state index contributed by atoms with van der Waals surface area (Å²) >= 11 is 6.71. The van der Waals surface area contributed by atoms with Gasteiger partial charge >= 0.3 is 0 Å². The Morgan fingerprint density at radius 1 is 1.24 bits per heavy atom. The van der Waals surface area contributed by atoms with Crippen molar-refractivity contribution in [3.8, 4) is 6.07 Å². The molecule has 2 aliphatic rings. The van der Waals surface area contributed by atoms with Crippen molar-refractivity contribution < 1.29 is 5.76 Å². The van der Waals surface area contributed by atoms with Crippen LogP contribution in [-0.4, -0.2) is 22.1 Å². The summed E-state index contributed by atoms with van der Waals surface area (Å²) in [4.78, 5) is 4.45. The van der Waals surface area contributed by atoms with E-state index in [1.807, 2.05) is 17.3 Å². The summed E-state index contributed by atoms with van der Waals surface area (Å²) in [5.74, 6) is -0.380. The lowest BCUT2D eigenvalue weighted by Gasteiger charge is -2.30. The largest absolute Gasteiger partial charge is 0.380 e. The second-order valence-corrected chi connectivity index (χ2v) is 11.1. The molecule has 192 valence electrons. The van der Waals surface area contributed by atoms with E-state index in [4.69, 9.17) is 11.6 Å². The highest BCUT2D eigenvalue weighted by molar-refractivity contribution is 6.35. The first-order chi connectivity index (χ1) is 18.0. The zero-order chi connectivity index (χ0) is 27.2. The van der Waals surface area contributed by atoms with E-state index in [2.05, 4.69) is 60.3 Å². The highest BCUT2D eigenvalue weighted by Gasteiger charge is 2.32. The molecule has 1 aliphatic heterocycles. The summed E-state index contributed by atoms with van der Waals surface area (Å²) in [7, 11) is 0. The SMILES string of the molecule is [2H][C@](Nc1cc(Cl)c2ncc(C#N)c(N[C@@H](C)C(C)(C)C)c2c1)(C1=CN(C2CC2)NN1)c1ccc(F)cc1. The molecule has 0 radical (unpaired) electrons. The van der Waals surface area contributed by atoms with Gasteiger partial charge in [-0.2, -0.15) is 5.26 Å². The summed E-state index contributed by atoms with van der Waals surface area (Å²) < 4.78 is 23.4. The molecule has 2 atom stereocenters. The molecule has 4 N–H and O–H groups in total. The van der Waals surface area contributed by atoms with Crippen molar-refractivity contribution in [1.29, 1.82) is 5.26 Å². The van der Waals surface area contributed by atoms with E-state index in [1.165, 1.54) is 18.3 Å². The van der Waals surface area contributed by atoms with Crippen LogP contribution in [-0.2, 0) is 0 Å². The average molecular weight is 521 g/mol. The highest BCUT2D eigenvalue weighted by atomic mass is 35.5. The topological polar surface area (TPSA) is 88.0 Å². The minimum absolute atomic E-state index is 0.0393. The highest BCUT2D eigenvalue weighted by Crippen LogP contribution is 2.37. The van der Waals surface area contributed by atoms with Gasteiger partial charge in [0.2, 0.25) is 0 Å². The van der Waals surface area contributed by atoms with Crippen LogP contribution >= 0.6 is 11.6 Å². The van der Waals surface area contributed by atoms with Crippen LogP contribution in [0, 0.1) is 22.6 Å². The van der Waals surface area contributed by atoms with Gasteiger partial charge in [-0.15, -0.1) is 5.53 Å². The molecular weight excluding hydrogens is 489 g/mol. The number of benzene rings is 2. The van der Waals surface area contributed by atoms with Crippen molar-refractivity contribution in [3.63, 3.8) is 0 Å². The second kappa shape index (κ2) is 9.73. The maximum absolute atomic E-state index is 13.8.